The fourth-order valence-electron chi connectivity index (χ4n) is 11.9. The number of carbonyl (C=O) groups excluding carboxylic acids is 1. The van der Waals surface area contributed by atoms with E-state index in [1.54, 1.807) is 11.3 Å². The lowest BCUT2D eigenvalue weighted by Crippen LogP contribution is -2.67. The average Bonchev–Trinajstić information content (AvgIpc) is 3.68. The minimum Gasteiger partial charge on any atom is -0.393 e. The summed E-state index contributed by atoms with van der Waals surface area (Å²) in [5, 5.41) is 35.4. The number of ketones is 1. The smallest absolute Gasteiger partial charge is 0.199 e. The van der Waals surface area contributed by atoms with Gasteiger partial charge in [0.2, 0.25) is 0 Å². The molecule has 3 aromatic rings. The lowest BCUT2D eigenvalue weighted by atomic mass is 9.32. The summed E-state index contributed by atoms with van der Waals surface area (Å²) >= 11 is 1.57. The number of fused-ring (bicyclic) bond motifs is 1. The average molecular weight is 722 g/mol. The molecule has 9 atom stereocenters. The van der Waals surface area contributed by atoms with E-state index in [9.17, 15) is 20.1 Å². The summed E-state index contributed by atoms with van der Waals surface area (Å²) in [6, 6.07) is 24.3. The molecular weight excluding hydrogens is 667 g/mol. The van der Waals surface area contributed by atoms with Crippen LogP contribution in [0.1, 0.15) is 84.5 Å². The van der Waals surface area contributed by atoms with Crippen LogP contribution < -0.4 is 0 Å². The van der Waals surface area contributed by atoms with Crippen molar-refractivity contribution in [2.75, 3.05) is 19.7 Å². The van der Waals surface area contributed by atoms with Crippen LogP contribution in [0.2, 0.25) is 0 Å². The summed E-state index contributed by atoms with van der Waals surface area (Å²) in [5.41, 5.74) is 0.739. The molecule has 3 fully saturated rings. The number of benzene rings is 2. The van der Waals surface area contributed by atoms with Gasteiger partial charge in [0, 0.05) is 46.3 Å². The highest BCUT2D eigenvalue weighted by Gasteiger charge is 2.74. The van der Waals surface area contributed by atoms with Crippen LogP contribution in [0.3, 0.4) is 0 Å². The van der Waals surface area contributed by atoms with Crippen LogP contribution in [0.5, 0.6) is 0 Å². The summed E-state index contributed by atoms with van der Waals surface area (Å²) in [7, 11) is 0. The first-order chi connectivity index (χ1) is 24.9. The molecule has 2 aromatic carbocycles. The summed E-state index contributed by atoms with van der Waals surface area (Å²) in [4.78, 5) is 18.9. The monoisotopic (exact) mass is 721 g/mol. The Morgan fingerprint density at radius 1 is 0.904 bits per heavy atom. The van der Waals surface area contributed by atoms with Crippen LogP contribution >= 0.6 is 11.3 Å². The van der Waals surface area contributed by atoms with Crippen molar-refractivity contribution in [2.45, 2.75) is 96.7 Å². The highest BCUT2D eigenvalue weighted by Crippen LogP contribution is 2.78. The van der Waals surface area contributed by atoms with E-state index in [1.165, 1.54) is 0 Å². The van der Waals surface area contributed by atoms with Gasteiger partial charge < -0.3 is 20.1 Å². The summed E-state index contributed by atoms with van der Waals surface area (Å²) in [5.74, 6) is 0.459. The second kappa shape index (κ2) is 13.4. The van der Waals surface area contributed by atoms with E-state index in [0.717, 1.165) is 58.6 Å². The van der Waals surface area contributed by atoms with E-state index < -0.39 is 22.5 Å². The van der Waals surface area contributed by atoms with E-state index in [-0.39, 0.29) is 41.2 Å². The number of thiophene rings is 1. The molecule has 0 aliphatic heterocycles. The number of Topliss-reactive ketones (excluding diaryl/α,β-unsaturated/α-hetero) is 1. The van der Waals surface area contributed by atoms with Crippen LogP contribution in [0, 0.1) is 40.4 Å². The van der Waals surface area contributed by atoms with Crippen molar-refractivity contribution in [2.24, 2.45) is 33.5 Å². The van der Waals surface area contributed by atoms with E-state index in [2.05, 4.69) is 56.0 Å². The Hall–Kier alpha value is -2.91. The van der Waals surface area contributed by atoms with Crippen LogP contribution in [0.15, 0.2) is 96.6 Å². The molecule has 6 aliphatic rings. The van der Waals surface area contributed by atoms with Crippen molar-refractivity contribution in [3.05, 3.63) is 117 Å². The number of carbonyl (C=O) groups is 1. The zero-order valence-corrected chi connectivity index (χ0v) is 31.8. The van der Waals surface area contributed by atoms with Gasteiger partial charge in [-0.2, -0.15) is 0 Å². The van der Waals surface area contributed by atoms with E-state index in [0.29, 0.717) is 39.1 Å². The Morgan fingerprint density at radius 3 is 2.29 bits per heavy atom. The molecule has 3 saturated carbocycles. The predicted molar refractivity (Wildman–Crippen MR) is 206 cm³/mol. The van der Waals surface area contributed by atoms with Crippen molar-refractivity contribution < 1.29 is 24.9 Å². The molecule has 276 valence electrons. The second-order valence-electron chi connectivity index (χ2n) is 17.4. The Kier molecular flexibility index (Phi) is 9.32. The number of aryl methyl sites for hydroxylation is 1. The van der Waals surface area contributed by atoms with Crippen molar-refractivity contribution in [3.63, 3.8) is 0 Å². The summed E-state index contributed by atoms with van der Waals surface area (Å²) in [6.45, 7) is 8.85. The standard InChI is InChI=1S/C45H55NO5S/c1-31-14-15-37(52-31)40(49)36-25-43-22-23-45(36)38(41(43,2)19-16-34(47)24-43)17-20-42(3)39(45)18-21-44(42,50)30-46(26-32-10-6-4-7-11-32)27-35(48)29-51-28-33-12-8-5-9-13-33/h4-15,22-23,25,34-35,38-39,47-48,50H,16-21,24,26-30H2,1-3H3. The van der Waals surface area contributed by atoms with Gasteiger partial charge in [0.15, 0.2) is 5.78 Å². The fraction of sp³-hybridized carbons (Fsp3) is 0.533. The van der Waals surface area contributed by atoms with Gasteiger partial charge in [-0.3, -0.25) is 9.69 Å². The molecule has 1 heterocycles. The van der Waals surface area contributed by atoms with Crippen molar-refractivity contribution in [1.82, 2.24) is 4.90 Å². The third-order valence-corrected chi connectivity index (χ3v) is 15.5. The van der Waals surface area contributed by atoms with Crippen LogP contribution in [-0.2, 0) is 17.9 Å². The maximum atomic E-state index is 14.8. The van der Waals surface area contributed by atoms with Crippen molar-refractivity contribution in [1.29, 1.82) is 0 Å². The first kappa shape index (κ1) is 36.1. The quantitative estimate of drug-likeness (QED) is 0.130. The zero-order valence-electron chi connectivity index (χ0n) is 31.0. The van der Waals surface area contributed by atoms with Gasteiger partial charge in [-0.15, -0.1) is 11.3 Å². The predicted octanol–water partition coefficient (Wildman–Crippen LogP) is 7.91. The first-order valence-corrected chi connectivity index (χ1v) is 20.2. The number of allylic oxidation sites excluding steroid dienone is 4. The van der Waals surface area contributed by atoms with Crippen molar-refractivity contribution >= 4 is 17.1 Å². The number of nitrogens with zero attached hydrogens (tertiary/aromatic N) is 1. The summed E-state index contributed by atoms with van der Waals surface area (Å²) < 4.78 is 5.96. The minimum absolute atomic E-state index is 0.0681. The molecule has 9 unspecified atom stereocenters. The molecule has 2 spiro atoms. The lowest BCUT2D eigenvalue weighted by Gasteiger charge is -2.71. The van der Waals surface area contributed by atoms with E-state index in [4.69, 9.17) is 4.74 Å². The topological polar surface area (TPSA) is 90.2 Å². The third-order valence-electron chi connectivity index (χ3n) is 14.5. The molecule has 0 saturated heterocycles. The fourth-order valence-corrected chi connectivity index (χ4v) is 12.7. The van der Waals surface area contributed by atoms with Gasteiger partial charge in [0.1, 0.15) is 0 Å². The minimum atomic E-state index is -1.02. The molecule has 0 radical (unpaired) electrons. The molecule has 0 amide bonds. The number of hydrogen-bond acceptors (Lipinski definition) is 7. The van der Waals surface area contributed by atoms with Gasteiger partial charge in [0.25, 0.3) is 0 Å². The van der Waals surface area contributed by atoms with E-state index in [1.807, 2.05) is 60.7 Å². The van der Waals surface area contributed by atoms with Gasteiger partial charge in [-0.25, -0.2) is 0 Å². The Labute approximate surface area is 313 Å². The molecule has 6 aliphatic carbocycles. The number of rotatable bonds is 12. The molecule has 6 nitrogen and oxygen atoms in total. The SMILES string of the molecule is Cc1ccc(C(=O)C2=CC34C=CC25C(CCC2(C)C5CCC2(O)CN(Cc2ccccc2)CC(O)COCc2ccccc2)C3(C)CCC(O)C4)s1. The molecule has 3 N–H and O–H groups in total. The molecule has 1 aromatic heterocycles. The Balaban J connectivity index is 1.11. The second-order valence-corrected chi connectivity index (χ2v) is 18.6. The number of hydrogen-bond donors (Lipinski definition) is 3. The van der Waals surface area contributed by atoms with Gasteiger partial charge in [-0.1, -0.05) is 92.7 Å². The molecular formula is C45H55NO5S. The third kappa shape index (κ3) is 5.73. The zero-order chi connectivity index (χ0) is 36.4. The Bertz CT molecular complexity index is 1840. The first-order valence-electron chi connectivity index (χ1n) is 19.4. The molecule has 9 rings (SSSR count). The summed E-state index contributed by atoms with van der Waals surface area (Å²) in [6.07, 6.45) is 11.6. The molecule has 52 heavy (non-hydrogen) atoms. The van der Waals surface area contributed by atoms with Crippen LogP contribution in [0.25, 0.3) is 0 Å². The maximum Gasteiger partial charge on any atom is 0.199 e. The maximum absolute atomic E-state index is 14.8. The molecule has 2 bridgehead atoms. The van der Waals surface area contributed by atoms with Crippen LogP contribution in [0.4, 0.5) is 0 Å². The number of aliphatic hydroxyl groups is 3. The largest absolute Gasteiger partial charge is 0.393 e. The molecule has 7 heteroatoms. The number of aliphatic hydroxyl groups excluding tert-OH is 2. The van der Waals surface area contributed by atoms with Crippen molar-refractivity contribution in [3.8, 4) is 0 Å². The highest BCUT2D eigenvalue weighted by atomic mass is 32.1. The normalized spacial score (nSPS) is 36.6. The number of ether oxygens (including phenoxy) is 1. The van der Waals surface area contributed by atoms with Gasteiger partial charge in [-0.05, 0) is 92.4 Å². The van der Waals surface area contributed by atoms with Crippen LogP contribution in [-0.4, -0.2) is 63.5 Å². The van der Waals surface area contributed by atoms with Gasteiger partial charge in [0.05, 0.1) is 35.9 Å². The Morgan fingerprint density at radius 2 is 1.58 bits per heavy atom. The highest BCUT2D eigenvalue weighted by molar-refractivity contribution is 7.14. The lowest BCUT2D eigenvalue weighted by molar-refractivity contribution is -0.177. The van der Waals surface area contributed by atoms with Gasteiger partial charge >= 0.3 is 0 Å². The van der Waals surface area contributed by atoms with E-state index >= 15 is 0 Å².